The van der Waals surface area contributed by atoms with Gasteiger partial charge in [0.2, 0.25) is 10.0 Å². The van der Waals surface area contributed by atoms with Crippen molar-refractivity contribution >= 4 is 15.9 Å². The lowest BCUT2D eigenvalue weighted by molar-refractivity contribution is 0.0914. The Kier molecular flexibility index (Phi) is 3.75. The summed E-state index contributed by atoms with van der Waals surface area (Å²) in [4.78, 5) is 11.9. The first-order valence-corrected chi connectivity index (χ1v) is 8.59. The summed E-state index contributed by atoms with van der Waals surface area (Å²) in [6.07, 6.45) is 4.23. The van der Waals surface area contributed by atoms with E-state index in [9.17, 15) is 13.2 Å². The summed E-state index contributed by atoms with van der Waals surface area (Å²) in [5, 5.41) is 6.96. The van der Waals surface area contributed by atoms with E-state index in [1.807, 2.05) is 0 Å². The van der Waals surface area contributed by atoms with Gasteiger partial charge in [0.1, 0.15) is 0 Å². The quantitative estimate of drug-likeness (QED) is 0.868. The molecule has 118 valence electrons. The van der Waals surface area contributed by atoms with Crippen molar-refractivity contribution in [3.63, 3.8) is 0 Å². The van der Waals surface area contributed by atoms with E-state index in [1.54, 1.807) is 29.1 Å². The maximum atomic E-state index is 11.9. The number of aromatic nitrogens is 2. The van der Waals surface area contributed by atoms with E-state index in [-0.39, 0.29) is 30.8 Å². The lowest BCUT2D eigenvalue weighted by Gasteiger charge is -2.32. The van der Waals surface area contributed by atoms with Crippen LogP contribution in [0.2, 0.25) is 0 Å². The second-order valence-corrected chi connectivity index (χ2v) is 7.15. The van der Waals surface area contributed by atoms with Gasteiger partial charge in [-0.1, -0.05) is 0 Å². The van der Waals surface area contributed by atoms with E-state index in [2.05, 4.69) is 10.4 Å². The maximum Gasteiger partial charge on any atom is 0.287 e. The molecule has 1 atom stereocenters. The highest BCUT2D eigenvalue weighted by molar-refractivity contribution is 7.88. The zero-order valence-electron chi connectivity index (χ0n) is 12.0. The largest absolute Gasteiger partial charge is 0.459 e. The normalized spacial score (nSPS) is 18.9. The molecule has 0 saturated heterocycles. The Morgan fingerprint density at radius 3 is 3.00 bits per heavy atom. The van der Waals surface area contributed by atoms with Gasteiger partial charge in [-0.15, -0.1) is 0 Å². The lowest BCUT2D eigenvalue weighted by atomic mass is 10.2. The molecule has 3 heterocycles. The SMILES string of the molecule is CS(=O)(=O)N1Cc2ccnn2C(CNC(=O)c2ccco2)C1. The molecule has 1 aliphatic heterocycles. The Hall–Kier alpha value is -2.13. The average Bonchev–Trinajstić information content (AvgIpc) is 3.13. The Morgan fingerprint density at radius 2 is 2.32 bits per heavy atom. The third-order valence-corrected chi connectivity index (χ3v) is 4.78. The van der Waals surface area contributed by atoms with Crippen LogP contribution in [0.5, 0.6) is 0 Å². The minimum Gasteiger partial charge on any atom is -0.459 e. The second kappa shape index (κ2) is 5.58. The number of hydrogen-bond acceptors (Lipinski definition) is 5. The summed E-state index contributed by atoms with van der Waals surface area (Å²) >= 11 is 0. The lowest BCUT2D eigenvalue weighted by Crippen LogP contribution is -2.44. The highest BCUT2D eigenvalue weighted by Gasteiger charge is 2.30. The number of rotatable bonds is 4. The van der Waals surface area contributed by atoms with Crippen molar-refractivity contribution in [3.05, 3.63) is 42.1 Å². The van der Waals surface area contributed by atoms with Crippen LogP contribution in [0.1, 0.15) is 22.3 Å². The van der Waals surface area contributed by atoms with Crippen molar-refractivity contribution in [2.24, 2.45) is 0 Å². The smallest absolute Gasteiger partial charge is 0.287 e. The highest BCUT2D eigenvalue weighted by Crippen LogP contribution is 2.21. The van der Waals surface area contributed by atoms with Gasteiger partial charge in [-0.3, -0.25) is 9.48 Å². The maximum absolute atomic E-state index is 11.9. The van der Waals surface area contributed by atoms with Crippen LogP contribution in [0.4, 0.5) is 0 Å². The molecule has 0 aromatic carbocycles. The number of fused-ring (bicyclic) bond motifs is 1. The van der Waals surface area contributed by atoms with E-state index >= 15 is 0 Å². The average molecular weight is 324 g/mol. The molecule has 2 aromatic rings. The zero-order chi connectivity index (χ0) is 15.7. The molecule has 0 fully saturated rings. The van der Waals surface area contributed by atoms with Gasteiger partial charge in [0.05, 0.1) is 30.8 Å². The molecule has 1 amide bonds. The molecular weight excluding hydrogens is 308 g/mol. The molecule has 1 unspecified atom stereocenters. The number of hydrogen-bond donors (Lipinski definition) is 1. The third-order valence-electron chi connectivity index (χ3n) is 3.56. The molecule has 22 heavy (non-hydrogen) atoms. The molecule has 3 rings (SSSR count). The number of carbonyl (C=O) groups is 1. The van der Waals surface area contributed by atoms with Gasteiger partial charge in [-0.25, -0.2) is 8.42 Å². The fourth-order valence-corrected chi connectivity index (χ4v) is 3.27. The van der Waals surface area contributed by atoms with E-state index in [4.69, 9.17) is 4.42 Å². The van der Waals surface area contributed by atoms with Crippen molar-refractivity contribution in [2.75, 3.05) is 19.3 Å². The second-order valence-electron chi connectivity index (χ2n) is 5.16. The fourth-order valence-electron chi connectivity index (χ4n) is 2.46. The van der Waals surface area contributed by atoms with Crippen LogP contribution >= 0.6 is 0 Å². The minimum absolute atomic E-state index is 0.219. The number of carbonyl (C=O) groups excluding carboxylic acids is 1. The Morgan fingerprint density at radius 1 is 1.50 bits per heavy atom. The molecule has 1 N–H and O–H groups in total. The van der Waals surface area contributed by atoms with E-state index < -0.39 is 10.0 Å². The Labute approximate surface area is 127 Å². The summed E-state index contributed by atoms with van der Waals surface area (Å²) < 4.78 is 31.7. The first kappa shape index (κ1) is 14.8. The molecule has 0 saturated carbocycles. The van der Waals surface area contributed by atoms with Crippen molar-refractivity contribution in [1.82, 2.24) is 19.4 Å². The van der Waals surface area contributed by atoms with Crippen molar-refractivity contribution in [3.8, 4) is 0 Å². The predicted molar refractivity (Wildman–Crippen MR) is 77.6 cm³/mol. The third kappa shape index (κ3) is 2.90. The molecule has 8 nitrogen and oxygen atoms in total. The van der Waals surface area contributed by atoms with Crippen LogP contribution in [0.25, 0.3) is 0 Å². The van der Waals surface area contributed by atoms with Crippen molar-refractivity contribution in [2.45, 2.75) is 12.6 Å². The molecule has 0 radical (unpaired) electrons. The van der Waals surface area contributed by atoms with Crippen LogP contribution in [-0.4, -0.2) is 47.8 Å². The van der Waals surface area contributed by atoms with E-state index in [0.29, 0.717) is 6.54 Å². The first-order chi connectivity index (χ1) is 10.4. The number of amides is 1. The molecule has 2 aromatic heterocycles. The topological polar surface area (TPSA) is 97.4 Å². The van der Waals surface area contributed by atoms with Crippen LogP contribution < -0.4 is 5.32 Å². The number of sulfonamides is 1. The first-order valence-electron chi connectivity index (χ1n) is 6.74. The van der Waals surface area contributed by atoms with E-state index in [0.717, 1.165) is 5.69 Å². The van der Waals surface area contributed by atoms with E-state index in [1.165, 1.54) is 16.8 Å². The van der Waals surface area contributed by atoms with Gasteiger partial charge in [0.25, 0.3) is 5.91 Å². The molecular formula is C13H16N4O4S. The van der Waals surface area contributed by atoms with Crippen LogP contribution in [0.15, 0.2) is 35.1 Å². The van der Waals surface area contributed by atoms with Gasteiger partial charge in [0, 0.05) is 19.3 Å². The number of nitrogens with one attached hydrogen (secondary N) is 1. The number of furan rings is 1. The summed E-state index contributed by atoms with van der Waals surface area (Å²) in [7, 11) is -3.30. The monoisotopic (exact) mass is 324 g/mol. The van der Waals surface area contributed by atoms with Crippen molar-refractivity contribution < 1.29 is 17.6 Å². The fraction of sp³-hybridized carbons (Fsp3) is 0.385. The summed E-state index contributed by atoms with van der Waals surface area (Å²) in [5.41, 5.74) is 0.800. The van der Waals surface area contributed by atoms with Gasteiger partial charge < -0.3 is 9.73 Å². The Balaban J connectivity index is 1.74. The van der Waals surface area contributed by atoms with Crippen molar-refractivity contribution in [1.29, 1.82) is 0 Å². The van der Waals surface area contributed by atoms with Crippen LogP contribution in [0, 0.1) is 0 Å². The molecule has 9 heteroatoms. The summed E-state index contributed by atoms with van der Waals surface area (Å²) in [6.45, 7) is 0.827. The van der Waals surface area contributed by atoms with Crippen LogP contribution in [-0.2, 0) is 16.6 Å². The Bertz CT molecular complexity index is 766. The van der Waals surface area contributed by atoms with Gasteiger partial charge >= 0.3 is 0 Å². The molecule has 0 bridgehead atoms. The molecule has 0 aliphatic carbocycles. The summed E-state index contributed by atoms with van der Waals surface area (Å²) in [5.74, 6) is -0.119. The standard InChI is InChI=1S/C13H16N4O4S/c1-22(19,20)16-8-10-4-5-15-17(10)11(9-16)7-14-13(18)12-3-2-6-21-12/h2-6,11H,7-9H2,1H3,(H,14,18). The molecule has 1 aliphatic rings. The zero-order valence-corrected chi connectivity index (χ0v) is 12.8. The number of nitrogens with zero attached hydrogens (tertiary/aromatic N) is 3. The molecule has 0 spiro atoms. The van der Waals surface area contributed by atoms with Gasteiger partial charge in [-0.05, 0) is 18.2 Å². The minimum atomic E-state index is -3.30. The summed E-state index contributed by atoms with van der Waals surface area (Å²) in [6, 6.07) is 4.72. The highest BCUT2D eigenvalue weighted by atomic mass is 32.2. The van der Waals surface area contributed by atoms with Gasteiger partial charge in [-0.2, -0.15) is 9.40 Å². The predicted octanol–water partition coefficient (Wildman–Crippen LogP) is 0.222. The van der Waals surface area contributed by atoms with Gasteiger partial charge in [0.15, 0.2) is 5.76 Å². The van der Waals surface area contributed by atoms with Crippen LogP contribution in [0.3, 0.4) is 0 Å².